The van der Waals surface area contributed by atoms with E-state index >= 15 is 0 Å². The molecule has 0 aliphatic heterocycles. The predicted molar refractivity (Wildman–Crippen MR) is 65.2 cm³/mol. The zero-order valence-corrected chi connectivity index (χ0v) is 10.2. The van der Waals surface area contributed by atoms with Crippen LogP contribution >= 0.6 is 11.3 Å². The number of hydrogen-bond acceptors (Lipinski definition) is 2. The van der Waals surface area contributed by atoms with Crippen molar-refractivity contribution in [1.82, 2.24) is 0 Å². The molecular weight excluding hydrogens is 204 g/mol. The molecule has 0 aromatic carbocycles. The molecule has 0 saturated heterocycles. The van der Waals surface area contributed by atoms with Crippen molar-refractivity contribution >= 4 is 11.3 Å². The highest BCUT2D eigenvalue weighted by Crippen LogP contribution is 2.39. The first kappa shape index (κ1) is 11.2. The third-order valence-corrected chi connectivity index (χ3v) is 4.62. The summed E-state index contributed by atoms with van der Waals surface area (Å²) in [6, 6.07) is 4.26. The second kappa shape index (κ2) is 4.67. The van der Waals surface area contributed by atoms with Crippen LogP contribution in [0, 0.1) is 5.92 Å². The van der Waals surface area contributed by atoms with Crippen LogP contribution in [0.25, 0.3) is 0 Å². The minimum atomic E-state index is -0.356. The standard InChI is InChI=1S/C13H20OS/c1-2-11-5-7-13(14,10-11)8-6-12-4-3-9-15-12/h3-4,9,11,14H,2,5-8,10H2,1H3. The van der Waals surface area contributed by atoms with Crippen molar-refractivity contribution in [3.8, 4) is 0 Å². The van der Waals surface area contributed by atoms with E-state index in [1.54, 1.807) is 11.3 Å². The molecule has 15 heavy (non-hydrogen) atoms. The van der Waals surface area contributed by atoms with Crippen molar-refractivity contribution in [3.05, 3.63) is 22.4 Å². The van der Waals surface area contributed by atoms with E-state index in [0.29, 0.717) is 0 Å². The molecule has 1 N–H and O–H groups in total. The van der Waals surface area contributed by atoms with Gasteiger partial charge < -0.3 is 5.11 Å². The molecule has 84 valence electrons. The van der Waals surface area contributed by atoms with Crippen LogP contribution in [0.15, 0.2) is 17.5 Å². The fourth-order valence-electron chi connectivity index (χ4n) is 2.60. The monoisotopic (exact) mass is 224 g/mol. The van der Waals surface area contributed by atoms with Crippen LogP contribution in [-0.2, 0) is 6.42 Å². The molecule has 0 amide bonds. The number of hydrogen-bond donors (Lipinski definition) is 1. The lowest BCUT2D eigenvalue weighted by atomic mass is 9.93. The van der Waals surface area contributed by atoms with Crippen LogP contribution in [0.3, 0.4) is 0 Å². The van der Waals surface area contributed by atoms with Gasteiger partial charge in [-0.15, -0.1) is 11.3 Å². The van der Waals surface area contributed by atoms with Crippen molar-refractivity contribution in [2.24, 2.45) is 5.92 Å². The average molecular weight is 224 g/mol. The molecule has 1 heterocycles. The third kappa shape index (κ3) is 2.82. The van der Waals surface area contributed by atoms with Gasteiger partial charge in [-0.25, -0.2) is 0 Å². The quantitative estimate of drug-likeness (QED) is 0.828. The predicted octanol–water partition coefficient (Wildman–Crippen LogP) is 3.62. The molecule has 1 nitrogen and oxygen atoms in total. The maximum atomic E-state index is 10.4. The number of aryl methyl sites for hydroxylation is 1. The molecule has 0 bridgehead atoms. The van der Waals surface area contributed by atoms with E-state index in [1.807, 2.05) is 0 Å². The van der Waals surface area contributed by atoms with E-state index in [1.165, 1.54) is 17.7 Å². The second-order valence-corrected chi connectivity index (χ2v) is 5.85. The van der Waals surface area contributed by atoms with Crippen LogP contribution in [-0.4, -0.2) is 10.7 Å². The molecule has 1 aromatic rings. The van der Waals surface area contributed by atoms with Crippen molar-refractivity contribution in [2.75, 3.05) is 0 Å². The molecule has 2 atom stereocenters. The zero-order chi connectivity index (χ0) is 10.7. The first-order valence-corrected chi connectivity index (χ1v) is 6.84. The maximum absolute atomic E-state index is 10.4. The van der Waals surface area contributed by atoms with E-state index in [4.69, 9.17) is 0 Å². The Kier molecular flexibility index (Phi) is 3.47. The summed E-state index contributed by atoms with van der Waals surface area (Å²) in [6.07, 6.45) is 6.47. The van der Waals surface area contributed by atoms with Crippen LogP contribution in [0.5, 0.6) is 0 Å². The maximum Gasteiger partial charge on any atom is 0.0654 e. The highest BCUT2D eigenvalue weighted by atomic mass is 32.1. The fourth-order valence-corrected chi connectivity index (χ4v) is 3.31. The molecule has 1 aliphatic carbocycles. The SMILES string of the molecule is CCC1CCC(O)(CCc2cccs2)C1. The lowest BCUT2D eigenvalue weighted by Gasteiger charge is -2.22. The third-order valence-electron chi connectivity index (χ3n) is 3.68. The van der Waals surface area contributed by atoms with Crippen LogP contribution in [0.4, 0.5) is 0 Å². The summed E-state index contributed by atoms with van der Waals surface area (Å²) in [7, 11) is 0. The van der Waals surface area contributed by atoms with Gasteiger partial charge in [0, 0.05) is 4.88 Å². The molecule has 2 rings (SSSR count). The molecule has 1 aliphatic rings. The highest BCUT2D eigenvalue weighted by molar-refractivity contribution is 7.09. The van der Waals surface area contributed by atoms with Gasteiger partial charge in [0.15, 0.2) is 0 Å². The Morgan fingerprint density at radius 2 is 2.47 bits per heavy atom. The summed E-state index contributed by atoms with van der Waals surface area (Å²) in [5.41, 5.74) is -0.356. The van der Waals surface area contributed by atoms with Crippen molar-refractivity contribution in [2.45, 2.75) is 51.0 Å². The largest absolute Gasteiger partial charge is 0.390 e. The van der Waals surface area contributed by atoms with Gasteiger partial charge in [0.2, 0.25) is 0 Å². The van der Waals surface area contributed by atoms with Gasteiger partial charge in [0.1, 0.15) is 0 Å². The lowest BCUT2D eigenvalue weighted by molar-refractivity contribution is 0.0350. The van der Waals surface area contributed by atoms with E-state index in [9.17, 15) is 5.11 Å². The molecule has 2 unspecified atom stereocenters. The Bertz CT molecular complexity index is 293. The van der Waals surface area contributed by atoms with E-state index in [0.717, 1.165) is 31.6 Å². The first-order valence-electron chi connectivity index (χ1n) is 5.96. The van der Waals surface area contributed by atoms with E-state index in [-0.39, 0.29) is 5.60 Å². The van der Waals surface area contributed by atoms with Crippen molar-refractivity contribution < 1.29 is 5.11 Å². The summed E-state index contributed by atoms with van der Waals surface area (Å²) in [6.45, 7) is 2.23. The smallest absolute Gasteiger partial charge is 0.0654 e. The topological polar surface area (TPSA) is 20.2 Å². The summed E-state index contributed by atoms with van der Waals surface area (Å²) in [5.74, 6) is 0.762. The summed E-state index contributed by atoms with van der Waals surface area (Å²) in [5, 5.41) is 12.5. The van der Waals surface area contributed by atoms with Crippen molar-refractivity contribution in [1.29, 1.82) is 0 Å². The average Bonchev–Trinajstić information content (AvgIpc) is 2.84. The summed E-state index contributed by atoms with van der Waals surface area (Å²) >= 11 is 1.80. The number of aliphatic hydroxyl groups is 1. The highest BCUT2D eigenvalue weighted by Gasteiger charge is 2.35. The number of thiophene rings is 1. The van der Waals surface area contributed by atoms with Gasteiger partial charge in [-0.2, -0.15) is 0 Å². The van der Waals surface area contributed by atoms with Crippen LogP contribution in [0.1, 0.15) is 43.9 Å². The first-order chi connectivity index (χ1) is 7.22. The summed E-state index contributed by atoms with van der Waals surface area (Å²) < 4.78 is 0. The van der Waals surface area contributed by atoms with Crippen LogP contribution in [0.2, 0.25) is 0 Å². The fraction of sp³-hybridized carbons (Fsp3) is 0.692. The second-order valence-electron chi connectivity index (χ2n) is 4.82. The minimum Gasteiger partial charge on any atom is -0.390 e. The van der Waals surface area contributed by atoms with Gasteiger partial charge in [0.25, 0.3) is 0 Å². The molecule has 1 saturated carbocycles. The Morgan fingerprint density at radius 1 is 1.60 bits per heavy atom. The Labute approximate surface area is 96.1 Å². The molecule has 0 radical (unpaired) electrons. The van der Waals surface area contributed by atoms with Gasteiger partial charge in [-0.3, -0.25) is 0 Å². The normalized spacial score (nSPS) is 30.9. The van der Waals surface area contributed by atoms with Crippen molar-refractivity contribution in [3.63, 3.8) is 0 Å². The van der Waals surface area contributed by atoms with Gasteiger partial charge >= 0.3 is 0 Å². The molecule has 0 spiro atoms. The molecule has 1 fully saturated rings. The van der Waals surface area contributed by atoms with E-state index < -0.39 is 0 Å². The zero-order valence-electron chi connectivity index (χ0n) is 9.41. The van der Waals surface area contributed by atoms with Gasteiger partial charge in [-0.1, -0.05) is 19.4 Å². The van der Waals surface area contributed by atoms with Gasteiger partial charge in [-0.05, 0) is 49.5 Å². The Hall–Kier alpha value is -0.340. The Balaban J connectivity index is 1.84. The van der Waals surface area contributed by atoms with E-state index in [2.05, 4.69) is 24.4 Å². The Morgan fingerprint density at radius 3 is 3.07 bits per heavy atom. The molecule has 2 heteroatoms. The molecule has 1 aromatic heterocycles. The van der Waals surface area contributed by atoms with Crippen LogP contribution < -0.4 is 0 Å². The number of rotatable bonds is 4. The summed E-state index contributed by atoms with van der Waals surface area (Å²) in [4.78, 5) is 1.41. The van der Waals surface area contributed by atoms with Gasteiger partial charge in [0.05, 0.1) is 5.60 Å². The minimum absolute atomic E-state index is 0.356. The molecular formula is C13H20OS. The lowest BCUT2D eigenvalue weighted by Crippen LogP contribution is -2.25.